The molecule has 0 spiro atoms. The van der Waals surface area contributed by atoms with Crippen molar-refractivity contribution in [1.29, 1.82) is 0 Å². The molecule has 0 saturated carbocycles. The Labute approximate surface area is 91.9 Å². The van der Waals surface area contributed by atoms with Crippen molar-refractivity contribution >= 4 is 23.7 Å². The van der Waals surface area contributed by atoms with Crippen LogP contribution in [0.5, 0.6) is 0 Å². The van der Waals surface area contributed by atoms with E-state index < -0.39 is 0 Å². The molecule has 5 heteroatoms. The molecule has 0 aromatic carbocycles. The van der Waals surface area contributed by atoms with Crippen molar-refractivity contribution in [1.82, 2.24) is 0 Å². The van der Waals surface area contributed by atoms with E-state index in [0.717, 1.165) is 28.0 Å². The van der Waals surface area contributed by atoms with Crippen LogP contribution in [-0.4, -0.2) is 12.8 Å². The SMILES string of the molecule is Cc1cc(C=O)sc1C=CCCN=[N+]=[N-]. The first-order valence-electron chi connectivity index (χ1n) is 4.51. The number of aldehydes is 1. The normalized spacial score (nSPS) is 10.2. The number of carbonyl (C=O) groups is 1. The molecule has 0 radical (unpaired) electrons. The second-order valence-corrected chi connectivity index (χ2v) is 4.07. The molecule has 0 unspecified atom stereocenters. The van der Waals surface area contributed by atoms with Crippen molar-refractivity contribution in [2.24, 2.45) is 5.11 Å². The highest BCUT2D eigenvalue weighted by molar-refractivity contribution is 7.14. The molecule has 1 heterocycles. The van der Waals surface area contributed by atoms with E-state index in [2.05, 4.69) is 10.0 Å². The van der Waals surface area contributed by atoms with Gasteiger partial charge in [-0.1, -0.05) is 11.2 Å². The van der Waals surface area contributed by atoms with Gasteiger partial charge in [-0.15, -0.1) is 11.3 Å². The van der Waals surface area contributed by atoms with Crippen LogP contribution in [0.25, 0.3) is 16.5 Å². The maximum atomic E-state index is 10.5. The van der Waals surface area contributed by atoms with E-state index in [1.165, 1.54) is 11.3 Å². The van der Waals surface area contributed by atoms with Crippen molar-refractivity contribution in [3.05, 3.63) is 37.9 Å². The summed E-state index contributed by atoms with van der Waals surface area (Å²) in [5.41, 5.74) is 9.16. The molecule has 1 rings (SSSR count). The van der Waals surface area contributed by atoms with Gasteiger partial charge in [-0.25, -0.2) is 0 Å². The number of carbonyl (C=O) groups excluding carboxylic acids is 1. The molecule has 0 amide bonds. The lowest BCUT2D eigenvalue weighted by Crippen LogP contribution is -1.73. The van der Waals surface area contributed by atoms with Gasteiger partial charge in [0.2, 0.25) is 0 Å². The van der Waals surface area contributed by atoms with Crippen LogP contribution in [0, 0.1) is 6.92 Å². The quantitative estimate of drug-likeness (QED) is 0.246. The van der Waals surface area contributed by atoms with E-state index in [0.29, 0.717) is 6.54 Å². The lowest BCUT2D eigenvalue weighted by atomic mass is 10.2. The Morgan fingerprint density at radius 2 is 2.47 bits per heavy atom. The van der Waals surface area contributed by atoms with Gasteiger partial charge in [0.25, 0.3) is 0 Å². The molecule has 78 valence electrons. The summed E-state index contributed by atoms with van der Waals surface area (Å²) in [6, 6.07) is 1.87. The number of thiophene rings is 1. The van der Waals surface area contributed by atoms with Crippen LogP contribution < -0.4 is 0 Å². The number of hydrogen-bond donors (Lipinski definition) is 0. The number of rotatable bonds is 5. The Morgan fingerprint density at radius 1 is 1.67 bits per heavy atom. The molecule has 0 aliphatic heterocycles. The zero-order valence-electron chi connectivity index (χ0n) is 8.38. The summed E-state index contributed by atoms with van der Waals surface area (Å²) in [6.07, 6.45) is 5.48. The first-order chi connectivity index (χ1) is 7.27. The van der Waals surface area contributed by atoms with Crippen molar-refractivity contribution in [3.63, 3.8) is 0 Å². The summed E-state index contributed by atoms with van der Waals surface area (Å²) in [7, 11) is 0. The summed E-state index contributed by atoms with van der Waals surface area (Å²) >= 11 is 1.46. The van der Waals surface area contributed by atoms with Gasteiger partial charge in [-0.3, -0.25) is 4.79 Å². The Bertz CT molecular complexity index is 416. The van der Waals surface area contributed by atoms with E-state index in [9.17, 15) is 4.79 Å². The predicted molar refractivity (Wildman–Crippen MR) is 62.1 cm³/mol. The van der Waals surface area contributed by atoms with Crippen molar-refractivity contribution in [2.45, 2.75) is 13.3 Å². The van der Waals surface area contributed by atoms with Crippen LogP contribution in [0.1, 0.15) is 26.5 Å². The largest absolute Gasteiger partial charge is 0.297 e. The molecule has 1 aromatic rings. The van der Waals surface area contributed by atoms with Crippen LogP contribution in [0.3, 0.4) is 0 Å². The van der Waals surface area contributed by atoms with E-state index in [1.807, 2.05) is 25.1 Å². The highest BCUT2D eigenvalue weighted by atomic mass is 32.1. The summed E-state index contributed by atoms with van der Waals surface area (Å²) < 4.78 is 0. The third-order valence-electron chi connectivity index (χ3n) is 1.82. The van der Waals surface area contributed by atoms with Gasteiger partial charge in [0.05, 0.1) is 4.88 Å². The maximum absolute atomic E-state index is 10.5. The Morgan fingerprint density at radius 3 is 3.07 bits per heavy atom. The highest BCUT2D eigenvalue weighted by Gasteiger charge is 2.00. The second-order valence-electron chi connectivity index (χ2n) is 2.96. The van der Waals surface area contributed by atoms with Gasteiger partial charge >= 0.3 is 0 Å². The minimum Gasteiger partial charge on any atom is -0.297 e. The number of hydrogen-bond acceptors (Lipinski definition) is 3. The van der Waals surface area contributed by atoms with Crippen LogP contribution in [0.15, 0.2) is 17.3 Å². The molecule has 0 fully saturated rings. The van der Waals surface area contributed by atoms with Crippen LogP contribution in [-0.2, 0) is 0 Å². The first kappa shape index (κ1) is 11.5. The molecule has 0 N–H and O–H groups in total. The lowest BCUT2D eigenvalue weighted by molar-refractivity contribution is 0.112. The topological polar surface area (TPSA) is 65.8 Å². The smallest absolute Gasteiger partial charge is 0.160 e. The van der Waals surface area contributed by atoms with Crippen LogP contribution in [0.4, 0.5) is 0 Å². The minimum atomic E-state index is 0.470. The molecular formula is C10H11N3OS. The summed E-state index contributed by atoms with van der Waals surface area (Å²) in [6.45, 7) is 2.44. The monoisotopic (exact) mass is 221 g/mol. The van der Waals surface area contributed by atoms with Crippen molar-refractivity contribution in [2.75, 3.05) is 6.54 Å². The van der Waals surface area contributed by atoms with Crippen molar-refractivity contribution in [3.8, 4) is 0 Å². The molecule has 4 nitrogen and oxygen atoms in total. The molecule has 0 aliphatic carbocycles. The van der Waals surface area contributed by atoms with Gasteiger partial charge in [0.1, 0.15) is 0 Å². The Balaban J connectivity index is 2.59. The Hall–Kier alpha value is -1.58. The average molecular weight is 221 g/mol. The summed E-state index contributed by atoms with van der Waals surface area (Å²) in [4.78, 5) is 15.0. The second kappa shape index (κ2) is 6.01. The van der Waals surface area contributed by atoms with Gasteiger partial charge in [-0.2, -0.15) is 0 Å². The van der Waals surface area contributed by atoms with Gasteiger partial charge in [0, 0.05) is 16.3 Å². The zero-order valence-corrected chi connectivity index (χ0v) is 9.20. The molecule has 0 atom stereocenters. The van der Waals surface area contributed by atoms with E-state index >= 15 is 0 Å². The van der Waals surface area contributed by atoms with Gasteiger partial charge in [-0.05, 0) is 36.6 Å². The van der Waals surface area contributed by atoms with Crippen molar-refractivity contribution < 1.29 is 4.79 Å². The van der Waals surface area contributed by atoms with E-state index in [-0.39, 0.29) is 0 Å². The minimum absolute atomic E-state index is 0.470. The lowest BCUT2D eigenvalue weighted by Gasteiger charge is -1.88. The maximum Gasteiger partial charge on any atom is 0.160 e. The van der Waals surface area contributed by atoms with E-state index in [1.54, 1.807) is 0 Å². The molecule has 1 aromatic heterocycles. The fourth-order valence-corrected chi connectivity index (χ4v) is 2.03. The number of nitrogens with zero attached hydrogens (tertiary/aromatic N) is 3. The van der Waals surface area contributed by atoms with Crippen LogP contribution in [0.2, 0.25) is 0 Å². The summed E-state index contributed by atoms with van der Waals surface area (Å²) in [5, 5.41) is 3.42. The van der Waals surface area contributed by atoms with Gasteiger partial charge in [0.15, 0.2) is 6.29 Å². The average Bonchev–Trinajstić information content (AvgIpc) is 2.59. The zero-order chi connectivity index (χ0) is 11.1. The predicted octanol–water partition coefficient (Wildman–Crippen LogP) is 3.58. The first-order valence-corrected chi connectivity index (χ1v) is 5.32. The third-order valence-corrected chi connectivity index (χ3v) is 2.95. The fourth-order valence-electron chi connectivity index (χ4n) is 1.11. The highest BCUT2D eigenvalue weighted by Crippen LogP contribution is 2.21. The molecule has 0 bridgehead atoms. The number of aryl methyl sites for hydroxylation is 1. The molecule has 0 saturated heterocycles. The standard InChI is InChI=1S/C10H11N3OS/c1-8-6-9(7-14)15-10(8)4-2-3-5-12-13-11/h2,4,6-7H,3,5H2,1H3. The molecule has 0 aliphatic rings. The van der Waals surface area contributed by atoms with Gasteiger partial charge < -0.3 is 0 Å². The van der Waals surface area contributed by atoms with E-state index in [4.69, 9.17) is 5.53 Å². The summed E-state index contributed by atoms with van der Waals surface area (Å²) in [5.74, 6) is 0. The molecule has 15 heavy (non-hydrogen) atoms. The Kier molecular flexibility index (Phi) is 4.60. The third kappa shape index (κ3) is 3.58. The number of azide groups is 1. The molecular weight excluding hydrogens is 210 g/mol. The van der Waals surface area contributed by atoms with Crippen LogP contribution >= 0.6 is 11.3 Å². The fraction of sp³-hybridized carbons (Fsp3) is 0.300.